The quantitative estimate of drug-likeness (QED) is 0.782. The normalized spacial score (nSPS) is 17.1. The van der Waals surface area contributed by atoms with Crippen molar-refractivity contribution in [2.24, 2.45) is 0 Å². The highest BCUT2D eigenvalue weighted by Gasteiger charge is 2.19. The Morgan fingerprint density at radius 3 is 2.85 bits per heavy atom. The molecule has 6 nitrogen and oxygen atoms in total. The number of amides is 2. The van der Waals surface area contributed by atoms with Crippen molar-refractivity contribution >= 4 is 17.9 Å². The van der Waals surface area contributed by atoms with Gasteiger partial charge in [0.1, 0.15) is 11.5 Å². The van der Waals surface area contributed by atoms with Crippen LogP contribution in [0.2, 0.25) is 0 Å². The second-order valence-corrected chi connectivity index (χ2v) is 6.24. The first-order chi connectivity index (χ1) is 12.6. The number of nitrogens with one attached hydrogen (secondary N) is 2. The van der Waals surface area contributed by atoms with Crippen LogP contribution in [0.15, 0.2) is 52.8 Å². The van der Waals surface area contributed by atoms with Gasteiger partial charge in [0.05, 0.1) is 12.4 Å². The van der Waals surface area contributed by atoms with Gasteiger partial charge in [-0.3, -0.25) is 9.59 Å². The van der Waals surface area contributed by atoms with E-state index in [9.17, 15) is 9.59 Å². The van der Waals surface area contributed by atoms with Gasteiger partial charge in [-0.15, -0.1) is 0 Å². The molecule has 2 heterocycles. The van der Waals surface area contributed by atoms with E-state index < -0.39 is 0 Å². The lowest BCUT2D eigenvalue weighted by Crippen LogP contribution is -2.38. The fourth-order valence-electron chi connectivity index (χ4n) is 2.76. The number of furan rings is 1. The zero-order valence-corrected chi connectivity index (χ0v) is 14.7. The minimum absolute atomic E-state index is 0.0243. The molecule has 3 rings (SSSR count). The molecule has 1 aromatic carbocycles. The molecule has 0 saturated carbocycles. The summed E-state index contributed by atoms with van der Waals surface area (Å²) in [6.45, 7) is 3.04. The minimum atomic E-state index is -0.377. The molecule has 0 radical (unpaired) electrons. The molecule has 0 unspecified atom stereocenters. The second-order valence-electron chi connectivity index (χ2n) is 6.24. The van der Waals surface area contributed by atoms with Gasteiger partial charge in [0, 0.05) is 24.8 Å². The number of hydrogen-bond donors (Lipinski definition) is 2. The second kappa shape index (κ2) is 8.49. The lowest BCUT2D eigenvalue weighted by atomic mass is 10.1. The van der Waals surface area contributed by atoms with Crippen LogP contribution in [-0.2, 0) is 9.53 Å². The Labute approximate surface area is 152 Å². The maximum absolute atomic E-state index is 12.6. The molecule has 2 aromatic rings. The number of carbonyl (C=O) groups is 2. The van der Waals surface area contributed by atoms with E-state index in [1.54, 1.807) is 30.3 Å². The number of rotatable bonds is 6. The lowest BCUT2D eigenvalue weighted by Gasteiger charge is -2.13. The highest BCUT2D eigenvalue weighted by Crippen LogP contribution is 2.12. The van der Waals surface area contributed by atoms with Crippen LogP contribution in [0.25, 0.3) is 6.08 Å². The monoisotopic (exact) mass is 354 g/mol. The van der Waals surface area contributed by atoms with Crippen molar-refractivity contribution in [1.82, 2.24) is 10.6 Å². The highest BCUT2D eigenvalue weighted by atomic mass is 16.5. The first-order valence-corrected chi connectivity index (χ1v) is 8.65. The molecule has 1 aliphatic rings. The van der Waals surface area contributed by atoms with Gasteiger partial charge < -0.3 is 19.8 Å². The average molecular weight is 354 g/mol. The van der Waals surface area contributed by atoms with Gasteiger partial charge in [-0.2, -0.15) is 0 Å². The summed E-state index contributed by atoms with van der Waals surface area (Å²) in [7, 11) is 0. The number of hydrogen-bond acceptors (Lipinski definition) is 4. The van der Waals surface area contributed by atoms with E-state index in [-0.39, 0.29) is 23.6 Å². The number of ether oxygens (including phenoxy) is 1. The number of benzene rings is 1. The zero-order chi connectivity index (χ0) is 18.4. The Morgan fingerprint density at radius 1 is 1.27 bits per heavy atom. The van der Waals surface area contributed by atoms with Crippen molar-refractivity contribution in [3.05, 3.63) is 65.2 Å². The summed E-state index contributed by atoms with van der Waals surface area (Å²) < 4.78 is 10.8. The van der Waals surface area contributed by atoms with Gasteiger partial charge in [-0.25, -0.2) is 0 Å². The van der Waals surface area contributed by atoms with Crippen LogP contribution in [-0.4, -0.2) is 31.1 Å². The predicted octanol–water partition coefficient (Wildman–Crippen LogP) is 2.65. The average Bonchev–Trinajstić information content (AvgIpc) is 3.33. The first-order valence-electron chi connectivity index (χ1n) is 8.65. The Hall–Kier alpha value is -2.86. The molecule has 0 spiro atoms. The van der Waals surface area contributed by atoms with Crippen LogP contribution in [0, 0.1) is 6.92 Å². The molecule has 0 bridgehead atoms. The summed E-state index contributed by atoms with van der Waals surface area (Å²) in [5, 5.41) is 5.50. The van der Waals surface area contributed by atoms with E-state index in [0.717, 1.165) is 25.0 Å². The maximum Gasteiger partial charge on any atom is 0.268 e. The summed E-state index contributed by atoms with van der Waals surface area (Å²) in [5.74, 6) is -0.242. The van der Waals surface area contributed by atoms with Crippen LogP contribution in [0.3, 0.4) is 0 Å². The molecule has 1 atom stereocenters. The summed E-state index contributed by atoms with van der Waals surface area (Å²) in [6, 6.07) is 10.6. The molecular formula is C20H22N2O4. The standard InChI is InChI=1S/C20H22N2O4/c1-14-5-2-6-15(11-14)19(23)22-18(12-16-7-3-9-25-16)20(24)21-13-17-8-4-10-26-17/h2-3,5-7,9,11-12,17H,4,8,10,13H2,1H3,(H,21,24)(H,22,23)/b18-12-/t17-/m1/s1. The van der Waals surface area contributed by atoms with E-state index in [4.69, 9.17) is 9.15 Å². The molecule has 2 amide bonds. The molecule has 1 aliphatic heterocycles. The largest absolute Gasteiger partial charge is 0.465 e. The van der Waals surface area contributed by atoms with Crippen LogP contribution < -0.4 is 10.6 Å². The van der Waals surface area contributed by atoms with Crippen LogP contribution in [0.4, 0.5) is 0 Å². The number of carbonyl (C=O) groups excluding carboxylic acids is 2. The van der Waals surface area contributed by atoms with Crippen molar-refractivity contribution in [2.75, 3.05) is 13.2 Å². The van der Waals surface area contributed by atoms with Crippen molar-refractivity contribution in [3.8, 4) is 0 Å². The number of aryl methyl sites for hydroxylation is 1. The lowest BCUT2D eigenvalue weighted by molar-refractivity contribution is -0.118. The van der Waals surface area contributed by atoms with E-state index >= 15 is 0 Å². The predicted molar refractivity (Wildman–Crippen MR) is 97.3 cm³/mol. The first kappa shape index (κ1) is 17.9. The van der Waals surface area contributed by atoms with Crippen LogP contribution in [0.5, 0.6) is 0 Å². The molecular weight excluding hydrogens is 332 g/mol. The topological polar surface area (TPSA) is 80.6 Å². The minimum Gasteiger partial charge on any atom is -0.465 e. The Morgan fingerprint density at radius 2 is 2.15 bits per heavy atom. The third-order valence-electron chi connectivity index (χ3n) is 4.12. The van der Waals surface area contributed by atoms with Gasteiger partial charge in [-0.05, 0) is 44.0 Å². The molecule has 136 valence electrons. The fourth-order valence-corrected chi connectivity index (χ4v) is 2.76. The van der Waals surface area contributed by atoms with Gasteiger partial charge >= 0.3 is 0 Å². The highest BCUT2D eigenvalue weighted by molar-refractivity contribution is 6.05. The molecule has 0 aliphatic carbocycles. The van der Waals surface area contributed by atoms with Crippen LogP contribution in [0.1, 0.15) is 34.5 Å². The molecule has 1 fully saturated rings. The summed E-state index contributed by atoms with van der Waals surface area (Å²) >= 11 is 0. The van der Waals surface area contributed by atoms with Crippen molar-refractivity contribution in [2.45, 2.75) is 25.9 Å². The molecule has 26 heavy (non-hydrogen) atoms. The SMILES string of the molecule is Cc1cccc(C(=O)N/C(=C\c2ccco2)C(=O)NC[C@H]2CCCO2)c1. The Bertz CT molecular complexity index is 790. The van der Waals surface area contributed by atoms with Gasteiger partial charge in [0.25, 0.3) is 11.8 Å². The fraction of sp³-hybridized carbons (Fsp3) is 0.300. The molecule has 2 N–H and O–H groups in total. The third-order valence-corrected chi connectivity index (χ3v) is 4.12. The summed E-state index contributed by atoms with van der Waals surface area (Å²) in [6.07, 6.45) is 4.97. The van der Waals surface area contributed by atoms with E-state index in [1.807, 2.05) is 13.0 Å². The maximum atomic E-state index is 12.6. The molecule has 1 aromatic heterocycles. The summed E-state index contributed by atoms with van der Waals surface area (Å²) in [4.78, 5) is 25.1. The third kappa shape index (κ3) is 4.83. The summed E-state index contributed by atoms with van der Waals surface area (Å²) in [5.41, 5.74) is 1.59. The van der Waals surface area contributed by atoms with Crippen LogP contribution >= 0.6 is 0 Å². The van der Waals surface area contributed by atoms with E-state index in [2.05, 4.69) is 10.6 Å². The van der Waals surface area contributed by atoms with Gasteiger partial charge in [-0.1, -0.05) is 17.7 Å². The Balaban J connectivity index is 1.72. The Kier molecular flexibility index (Phi) is 5.86. The van der Waals surface area contributed by atoms with E-state index in [1.165, 1.54) is 12.3 Å². The molecule has 6 heteroatoms. The van der Waals surface area contributed by atoms with Crippen molar-refractivity contribution < 1.29 is 18.7 Å². The van der Waals surface area contributed by atoms with Gasteiger partial charge in [0.15, 0.2) is 0 Å². The smallest absolute Gasteiger partial charge is 0.268 e. The van der Waals surface area contributed by atoms with Crippen molar-refractivity contribution in [1.29, 1.82) is 0 Å². The van der Waals surface area contributed by atoms with Gasteiger partial charge in [0.2, 0.25) is 0 Å². The zero-order valence-electron chi connectivity index (χ0n) is 14.7. The van der Waals surface area contributed by atoms with E-state index in [0.29, 0.717) is 17.9 Å². The molecule has 1 saturated heterocycles. The van der Waals surface area contributed by atoms with Crippen molar-refractivity contribution in [3.63, 3.8) is 0 Å².